The van der Waals surface area contributed by atoms with Crippen LogP contribution in [0.1, 0.15) is 10.4 Å². The van der Waals surface area contributed by atoms with E-state index in [1.807, 2.05) is 30.1 Å². The number of aryl methyl sites for hydroxylation is 1. The largest absolute Gasteiger partial charge is 0.357 e. The van der Waals surface area contributed by atoms with Crippen LogP contribution in [0.3, 0.4) is 0 Å². The second-order valence-corrected chi connectivity index (χ2v) is 5.71. The maximum Gasteiger partial charge on any atom is 0.174 e. The Labute approximate surface area is 120 Å². The van der Waals surface area contributed by atoms with Gasteiger partial charge in [-0.2, -0.15) is 0 Å². The molecule has 5 heteroatoms. The van der Waals surface area contributed by atoms with E-state index in [4.69, 9.17) is 23.2 Å². The molecule has 0 unspecified atom stereocenters. The Morgan fingerprint density at radius 1 is 1.33 bits per heavy atom. The van der Waals surface area contributed by atoms with Crippen molar-refractivity contribution in [1.82, 2.24) is 4.57 Å². The molecule has 0 aliphatic heterocycles. The summed E-state index contributed by atoms with van der Waals surface area (Å²) in [7, 11) is 1.89. The monoisotopic (exact) mass is 299 g/mol. The van der Waals surface area contributed by atoms with Gasteiger partial charge in [-0.25, -0.2) is 0 Å². The van der Waals surface area contributed by atoms with Crippen LogP contribution < -0.4 is 0 Å². The molecular formula is C13H11Cl2NOS. The maximum absolute atomic E-state index is 11.9. The van der Waals surface area contributed by atoms with Crippen LogP contribution in [0.5, 0.6) is 0 Å². The Morgan fingerprint density at radius 3 is 2.78 bits per heavy atom. The number of halogens is 2. The first-order valence-electron chi connectivity index (χ1n) is 5.29. The first-order chi connectivity index (χ1) is 8.56. The summed E-state index contributed by atoms with van der Waals surface area (Å²) in [5.41, 5.74) is 0.711. The van der Waals surface area contributed by atoms with Gasteiger partial charge >= 0.3 is 0 Å². The van der Waals surface area contributed by atoms with Gasteiger partial charge in [0.15, 0.2) is 5.78 Å². The molecular weight excluding hydrogens is 289 g/mol. The summed E-state index contributed by atoms with van der Waals surface area (Å²) in [6.45, 7) is 0. The fourth-order valence-corrected chi connectivity index (χ4v) is 2.87. The quantitative estimate of drug-likeness (QED) is 0.620. The molecule has 1 aromatic carbocycles. The number of nitrogens with zero attached hydrogens (tertiary/aromatic N) is 1. The van der Waals surface area contributed by atoms with E-state index in [1.165, 1.54) is 11.8 Å². The smallest absolute Gasteiger partial charge is 0.174 e. The SMILES string of the molecule is Cn1ccc(C(=O)CSc2cc(Cl)ccc2Cl)c1. The molecule has 0 bridgehead atoms. The van der Waals surface area contributed by atoms with E-state index >= 15 is 0 Å². The number of Topliss-reactive ketones (excluding diaryl/α,β-unsaturated/α-hetero) is 1. The van der Waals surface area contributed by atoms with Crippen molar-refractivity contribution in [3.8, 4) is 0 Å². The Kier molecular flexibility index (Phi) is 4.38. The molecule has 0 N–H and O–H groups in total. The average Bonchev–Trinajstić information content (AvgIpc) is 2.77. The molecule has 2 rings (SSSR count). The van der Waals surface area contributed by atoms with Crippen molar-refractivity contribution < 1.29 is 4.79 Å². The molecule has 0 saturated heterocycles. The number of hydrogen-bond acceptors (Lipinski definition) is 2. The van der Waals surface area contributed by atoms with E-state index in [-0.39, 0.29) is 5.78 Å². The van der Waals surface area contributed by atoms with Gasteiger partial charge in [-0.15, -0.1) is 11.8 Å². The Bertz CT molecular complexity index is 580. The first-order valence-corrected chi connectivity index (χ1v) is 7.03. The van der Waals surface area contributed by atoms with E-state index in [0.29, 0.717) is 21.4 Å². The molecule has 2 aromatic rings. The van der Waals surface area contributed by atoms with Crippen LogP contribution in [0.2, 0.25) is 10.0 Å². The fourth-order valence-electron chi connectivity index (χ4n) is 1.48. The maximum atomic E-state index is 11.9. The van der Waals surface area contributed by atoms with E-state index in [0.717, 1.165) is 4.90 Å². The summed E-state index contributed by atoms with van der Waals surface area (Å²) in [5.74, 6) is 0.431. The number of aromatic nitrogens is 1. The highest BCUT2D eigenvalue weighted by atomic mass is 35.5. The number of rotatable bonds is 4. The van der Waals surface area contributed by atoms with Crippen molar-refractivity contribution in [3.05, 3.63) is 52.3 Å². The topological polar surface area (TPSA) is 22.0 Å². The minimum Gasteiger partial charge on any atom is -0.357 e. The molecule has 0 aliphatic carbocycles. The molecule has 0 spiro atoms. The summed E-state index contributed by atoms with van der Waals surface area (Å²) in [6, 6.07) is 7.04. The Hall–Kier alpha value is -0.900. The zero-order chi connectivity index (χ0) is 13.1. The lowest BCUT2D eigenvalue weighted by Gasteiger charge is -2.03. The number of carbonyl (C=O) groups is 1. The second kappa shape index (κ2) is 5.83. The minimum absolute atomic E-state index is 0.0802. The first kappa shape index (κ1) is 13.5. The highest BCUT2D eigenvalue weighted by molar-refractivity contribution is 8.00. The minimum atomic E-state index is 0.0802. The summed E-state index contributed by atoms with van der Waals surface area (Å²) >= 11 is 13.3. The standard InChI is InChI=1S/C13H11Cl2NOS/c1-16-5-4-9(7-16)12(17)8-18-13-6-10(14)2-3-11(13)15/h2-7H,8H2,1H3. The molecule has 2 nitrogen and oxygen atoms in total. The molecule has 0 radical (unpaired) electrons. The number of hydrogen-bond donors (Lipinski definition) is 0. The van der Waals surface area contributed by atoms with E-state index in [2.05, 4.69) is 0 Å². The second-order valence-electron chi connectivity index (χ2n) is 3.85. The predicted molar refractivity (Wildman–Crippen MR) is 76.9 cm³/mol. The van der Waals surface area contributed by atoms with Crippen LogP contribution in [0, 0.1) is 0 Å². The van der Waals surface area contributed by atoms with Crippen LogP contribution in [0.15, 0.2) is 41.6 Å². The highest BCUT2D eigenvalue weighted by Gasteiger charge is 2.09. The van der Waals surface area contributed by atoms with Crippen LogP contribution >= 0.6 is 35.0 Å². The van der Waals surface area contributed by atoms with Gasteiger partial charge in [-0.05, 0) is 24.3 Å². The van der Waals surface area contributed by atoms with Gasteiger partial charge in [0, 0.05) is 34.9 Å². The van der Waals surface area contributed by atoms with Gasteiger partial charge in [0.1, 0.15) is 0 Å². The third-order valence-electron chi connectivity index (χ3n) is 2.41. The molecule has 18 heavy (non-hydrogen) atoms. The van der Waals surface area contributed by atoms with Gasteiger partial charge in [-0.1, -0.05) is 23.2 Å². The van der Waals surface area contributed by atoms with Gasteiger partial charge in [0.2, 0.25) is 0 Å². The zero-order valence-corrected chi connectivity index (χ0v) is 12.0. The van der Waals surface area contributed by atoms with Crippen LogP contribution in [0.25, 0.3) is 0 Å². The molecule has 1 aromatic heterocycles. The fraction of sp³-hybridized carbons (Fsp3) is 0.154. The Morgan fingerprint density at radius 2 is 2.11 bits per heavy atom. The average molecular weight is 300 g/mol. The number of ketones is 1. The highest BCUT2D eigenvalue weighted by Crippen LogP contribution is 2.30. The van der Waals surface area contributed by atoms with Gasteiger partial charge in [-0.3, -0.25) is 4.79 Å². The van der Waals surface area contributed by atoms with Crippen LogP contribution in [-0.4, -0.2) is 16.1 Å². The van der Waals surface area contributed by atoms with E-state index in [1.54, 1.807) is 18.2 Å². The van der Waals surface area contributed by atoms with E-state index < -0.39 is 0 Å². The molecule has 0 aliphatic rings. The normalized spacial score (nSPS) is 10.6. The summed E-state index contributed by atoms with van der Waals surface area (Å²) in [4.78, 5) is 12.7. The molecule has 0 fully saturated rings. The number of thioether (sulfide) groups is 1. The molecule has 1 heterocycles. The molecule has 0 amide bonds. The number of benzene rings is 1. The van der Waals surface area contributed by atoms with Crippen molar-refractivity contribution >= 4 is 40.7 Å². The van der Waals surface area contributed by atoms with Gasteiger partial charge in [0.05, 0.1) is 10.8 Å². The zero-order valence-electron chi connectivity index (χ0n) is 9.69. The lowest BCUT2D eigenvalue weighted by Crippen LogP contribution is -2.00. The summed E-state index contributed by atoms with van der Waals surface area (Å²) in [5, 5.41) is 1.24. The van der Waals surface area contributed by atoms with Gasteiger partial charge < -0.3 is 4.57 Å². The number of carbonyl (C=O) groups excluding carboxylic acids is 1. The van der Waals surface area contributed by atoms with Crippen LogP contribution in [-0.2, 0) is 7.05 Å². The Balaban J connectivity index is 2.03. The van der Waals surface area contributed by atoms with E-state index in [9.17, 15) is 4.79 Å². The van der Waals surface area contributed by atoms with Crippen molar-refractivity contribution in [2.75, 3.05) is 5.75 Å². The van der Waals surface area contributed by atoms with Crippen molar-refractivity contribution in [1.29, 1.82) is 0 Å². The molecule has 0 atom stereocenters. The molecule has 94 valence electrons. The molecule has 0 saturated carbocycles. The van der Waals surface area contributed by atoms with Crippen molar-refractivity contribution in [3.63, 3.8) is 0 Å². The lowest BCUT2D eigenvalue weighted by atomic mass is 10.2. The summed E-state index contributed by atoms with van der Waals surface area (Å²) < 4.78 is 1.85. The van der Waals surface area contributed by atoms with Crippen molar-refractivity contribution in [2.24, 2.45) is 7.05 Å². The van der Waals surface area contributed by atoms with Gasteiger partial charge in [0.25, 0.3) is 0 Å². The lowest BCUT2D eigenvalue weighted by molar-refractivity contribution is 0.102. The van der Waals surface area contributed by atoms with Crippen molar-refractivity contribution in [2.45, 2.75) is 4.90 Å². The third-order valence-corrected chi connectivity index (χ3v) is 4.14. The third kappa shape index (κ3) is 3.31. The summed E-state index contributed by atoms with van der Waals surface area (Å²) in [6.07, 6.45) is 3.66. The predicted octanol–water partition coefficient (Wildman–Crippen LogP) is 4.31. The van der Waals surface area contributed by atoms with Crippen LogP contribution in [0.4, 0.5) is 0 Å².